The molecule has 3 rings (SSSR count). The van der Waals surface area contributed by atoms with Crippen molar-refractivity contribution in [1.29, 1.82) is 0 Å². The highest BCUT2D eigenvalue weighted by Crippen LogP contribution is 2.09. The number of hydrogen-bond acceptors (Lipinski definition) is 4. The Hall–Kier alpha value is -3.16. The summed E-state index contributed by atoms with van der Waals surface area (Å²) < 4.78 is 1.67. The maximum atomic E-state index is 12.1. The fourth-order valence-electron chi connectivity index (χ4n) is 1.87. The highest BCUT2D eigenvalue weighted by Gasteiger charge is 2.08. The van der Waals surface area contributed by atoms with E-state index in [0.717, 1.165) is 5.69 Å². The molecule has 0 spiro atoms. The molecule has 2 heterocycles. The Bertz CT molecular complexity index is 802. The van der Waals surface area contributed by atoms with Gasteiger partial charge in [0.15, 0.2) is 0 Å². The molecule has 1 amide bonds. The molecule has 0 bridgehead atoms. The Morgan fingerprint density at radius 1 is 1.33 bits per heavy atom. The van der Waals surface area contributed by atoms with Crippen LogP contribution in [0.2, 0.25) is 0 Å². The first kappa shape index (κ1) is 12.9. The maximum Gasteiger partial charge on any atom is 0.340 e. The second kappa shape index (κ2) is 5.45. The number of carbonyl (C=O) groups excluding carboxylic acids is 1. The van der Waals surface area contributed by atoms with Crippen LogP contribution in [0.5, 0.6) is 0 Å². The van der Waals surface area contributed by atoms with Crippen LogP contribution in [0.1, 0.15) is 16.2 Å². The van der Waals surface area contributed by atoms with Crippen molar-refractivity contribution in [2.75, 3.05) is 0 Å². The van der Waals surface area contributed by atoms with E-state index in [4.69, 9.17) is 0 Å². The van der Waals surface area contributed by atoms with E-state index in [0.29, 0.717) is 11.4 Å². The molecule has 0 saturated carbocycles. The average molecular weight is 284 g/mol. The quantitative estimate of drug-likeness (QED) is 0.636. The molecule has 106 valence electrons. The van der Waals surface area contributed by atoms with Gasteiger partial charge in [-0.2, -0.15) is 10.2 Å². The van der Waals surface area contributed by atoms with Crippen molar-refractivity contribution < 1.29 is 4.79 Å². The number of benzene rings is 1. The lowest BCUT2D eigenvalue weighted by atomic mass is 10.2. The number of rotatable bonds is 4. The summed E-state index contributed by atoms with van der Waals surface area (Å²) in [5, 5.41) is 12.7. The average Bonchev–Trinajstić information content (AvgIpc) is 3.16. The van der Waals surface area contributed by atoms with Gasteiger partial charge in [-0.3, -0.25) is 9.78 Å². The van der Waals surface area contributed by atoms with Crippen LogP contribution in [-0.4, -0.2) is 30.9 Å². The lowest BCUT2D eigenvalue weighted by molar-refractivity contribution is 0.0950. The number of nitrogens with one attached hydrogen (secondary N) is 3. The van der Waals surface area contributed by atoms with E-state index in [1.807, 2.05) is 6.07 Å². The van der Waals surface area contributed by atoms with Crippen LogP contribution < -0.4 is 11.0 Å². The molecule has 0 saturated heterocycles. The Kier molecular flexibility index (Phi) is 3.34. The van der Waals surface area contributed by atoms with E-state index in [9.17, 15) is 9.59 Å². The molecular formula is C13H12N6O2. The van der Waals surface area contributed by atoms with Crippen molar-refractivity contribution in [3.05, 3.63) is 64.6 Å². The number of hydrogen-bond donors (Lipinski definition) is 3. The third-order valence-corrected chi connectivity index (χ3v) is 2.84. The summed E-state index contributed by atoms with van der Waals surface area (Å²) in [6.45, 7) is 0.142. The number of aromatic nitrogens is 5. The predicted molar refractivity (Wildman–Crippen MR) is 73.9 cm³/mol. The molecule has 1 aromatic carbocycles. The zero-order valence-electron chi connectivity index (χ0n) is 10.9. The number of aromatic amines is 2. The topological polar surface area (TPSA) is 108 Å². The molecule has 0 aliphatic carbocycles. The van der Waals surface area contributed by atoms with Crippen molar-refractivity contribution in [2.24, 2.45) is 0 Å². The van der Waals surface area contributed by atoms with Crippen LogP contribution in [0.3, 0.4) is 0 Å². The Morgan fingerprint density at radius 2 is 2.24 bits per heavy atom. The lowest BCUT2D eigenvalue weighted by Gasteiger charge is -2.06. The molecule has 8 nitrogen and oxygen atoms in total. The van der Waals surface area contributed by atoms with Gasteiger partial charge in [-0.05, 0) is 24.3 Å². The predicted octanol–water partition coefficient (Wildman–Crippen LogP) is 0.214. The van der Waals surface area contributed by atoms with E-state index >= 15 is 0 Å². The fourth-order valence-corrected chi connectivity index (χ4v) is 1.87. The molecule has 0 aliphatic heterocycles. The van der Waals surface area contributed by atoms with Crippen molar-refractivity contribution in [3.8, 4) is 5.69 Å². The van der Waals surface area contributed by atoms with Crippen molar-refractivity contribution in [3.63, 3.8) is 0 Å². The molecular weight excluding hydrogens is 272 g/mol. The zero-order valence-corrected chi connectivity index (χ0v) is 10.9. The minimum absolute atomic E-state index is 0.142. The maximum absolute atomic E-state index is 12.1. The molecule has 0 unspecified atom stereocenters. The molecule has 0 radical (unpaired) electrons. The number of carbonyl (C=O) groups is 1. The molecule has 8 heteroatoms. The first-order valence-electron chi connectivity index (χ1n) is 6.24. The monoisotopic (exact) mass is 284 g/mol. The standard InChI is InChI=1S/C13H12N6O2/c20-12(14-8-11-16-13(21)18-17-11)9-3-1-4-10(7-9)19-6-2-5-15-19/h1-7H,8H2,(H,14,20)(H2,16,17,18,21). The molecule has 0 atom stereocenters. The van der Waals surface area contributed by atoms with Crippen LogP contribution in [0.25, 0.3) is 5.69 Å². The highest BCUT2D eigenvalue weighted by molar-refractivity contribution is 5.94. The van der Waals surface area contributed by atoms with Crippen LogP contribution in [0.15, 0.2) is 47.5 Å². The summed E-state index contributed by atoms with van der Waals surface area (Å²) in [5.74, 6) is 0.115. The highest BCUT2D eigenvalue weighted by atomic mass is 16.2. The van der Waals surface area contributed by atoms with Crippen molar-refractivity contribution in [2.45, 2.75) is 6.54 Å². The SMILES string of the molecule is O=C(NCc1n[nH]c(=O)[nH]1)c1cccc(-n2cccn2)c1. The third-order valence-electron chi connectivity index (χ3n) is 2.84. The van der Waals surface area contributed by atoms with Crippen LogP contribution in [-0.2, 0) is 6.54 Å². The molecule has 3 N–H and O–H groups in total. The van der Waals surface area contributed by atoms with Gasteiger partial charge in [0, 0.05) is 18.0 Å². The summed E-state index contributed by atoms with van der Waals surface area (Å²) in [5.41, 5.74) is 0.890. The minimum Gasteiger partial charge on any atom is -0.345 e. The van der Waals surface area contributed by atoms with Gasteiger partial charge in [-0.25, -0.2) is 14.6 Å². The second-order valence-corrected chi connectivity index (χ2v) is 4.31. The van der Waals surface area contributed by atoms with Gasteiger partial charge in [-0.15, -0.1) is 0 Å². The fraction of sp³-hybridized carbons (Fsp3) is 0.0769. The first-order chi connectivity index (χ1) is 10.2. The third kappa shape index (κ3) is 2.89. The Labute approximate surface area is 118 Å². The molecule has 2 aromatic heterocycles. The smallest absolute Gasteiger partial charge is 0.340 e. The normalized spacial score (nSPS) is 10.5. The summed E-state index contributed by atoms with van der Waals surface area (Å²) in [6.07, 6.45) is 3.46. The van der Waals surface area contributed by atoms with Crippen molar-refractivity contribution >= 4 is 5.91 Å². The van der Waals surface area contributed by atoms with Gasteiger partial charge >= 0.3 is 5.69 Å². The van der Waals surface area contributed by atoms with Gasteiger partial charge in [0.25, 0.3) is 5.91 Å². The van der Waals surface area contributed by atoms with E-state index < -0.39 is 5.69 Å². The van der Waals surface area contributed by atoms with Crippen LogP contribution >= 0.6 is 0 Å². The lowest BCUT2D eigenvalue weighted by Crippen LogP contribution is -2.23. The van der Waals surface area contributed by atoms with Crippen molar-refractivity contribution in [1.82, 2.24) is 30.3 Å². The Morgan fingerprint density at radius 3 is 2.95 bits per heavy atom. The minimum atomic E-state index is -0.403. The summed E-state index contributed by atoms with van der Waals surface area (Å²) in [4.78, 5) is 25.4. The number of H-pyrrole nitrogens is 2. The van der Waals surface area contributed by atoms with Gasteiger partial charge in [0.1, 0.15) is 5.82 Å². The van der Waals surface area contributed by atoms with Crippen LogP contribution in [0, 0.1) is 0 Å². The molecule has 0 fully saturated rings. The van der Waals surface area contributed by atoms with Crippen LogP contribution in [0.4, 0.5) is 0 Å². The van der Waals surface area contributed by atoms with E-state index in [2.05, 4.69) is 25.6 Å². The van der Waals surface area contributed by atoms with Gasteiger partial charge in [-0.1, -0.05) is 6.07 Å². The molecule has 21 heavy (non-hydrogen) atoms. The summed E-state index contributed by atoms with van der Waals surface area (Å²) >= 11 is 0. The molecule has 3 aromatic rings. The Balaban J connectivity index is 1.72. The van der Waals surface area contributed by atoms with E-state index in [-0.39, 0.29) is 12.5 Å². The summed E-state index contributed by atoms with van der Waals surface area (Å²) in [7, 11) is 0. The molecule has 0 aliphatic rings. The largest absolute Gasteiger partial charge is 0.345 e. The van der Waals surface area contributed by atoms with Gasteiger partial charge in [0.05, 0.1) is 12.2 Å². The van der Waals surface area contributed by atoms with Gasteiger partial charge in [0.2, 0.25) is 0 Å². The van der Waals surface area contributed by atoms with Gasteiger partial charge < -0.3 is 5.32 Å². The van der Waals surface area contributed by atoms with E-state index in [1.54, 1.807) is 41.3 Å². The second-order valence-electron chi connectivity index (χ2n) is 4.31. The van der Waals surface area contributed by atoms with E-state index in [1.165, 1.54) is 0 Å². The first-order valence-corrected chi connectivity index (χ1v) is 6.24. The zero-order chi connectivity index (χ0) is 14.7. The number of amides is 1. The number of nitrogens with zero attached hydrogens (tertiary/aromatic N) is 3. The summed E-state index contributed by atoms with van der Waals surface area (Å²) in [6, 6.07) is 8.88.